The second-order valence-electron chi connectivity index (χ2n) is 10.4. The number of nitrogens with zero attached hydrogens (tertiary/aromatic N) is 2. The van der Waals surface area contributed by atoms with Gasteiger partial charge in [-0.25, -0.2) is 12.0 Å². The third kappa shape index (κ3) is 4.98. The molecule has 0 saturated carbocycles. The molecule has 2 aromatic rings. The summed E-state index contributed by atoms with van der Waals surface area (Å²) in [4.78, 5) is 19.0. The minimum atomic E-state index is -0.280. The SMILES string of the molecule is [C-]#[N+]C(C)(C)C1CCN(c2ccc(NC3NC(c4ccccc4)NC4CNNC(=O)C43)cc2)CC1. The third-order valence-corrected chi connectivity index (χ3v) is 7.83. The van der Waals surface area contributed by atoms with Gasteiger partial charge in [0, 0.05) is 56.8 Å². The molecule has 35 heavy (non-hydrogen) atoms. The highest BCUT2D eigenvalue weighted by molar-refractivity contribution is 5.81. The predicted molar refractivity (Wildman–Crippen MR) is 138 cm³/mol. The minimum absolute atomic E-state index is 0.00739. The Balaban J connectivity index is 1.27. The lowest BCUT2D eigenvalue weighted by molar-refractivity contribution is -0.131. The molecule has 0 aromatic heterocycles. The van der Waals surface area contributed by atoms with E-state index in [0.29, 0.717) is 12.5 Å². The Morgan fingerprint density at radius 2 is 1.74 bits per heavy atom. The van der Waals surface area contributed by atoms with E-state index in [1.54, 1.807) is 0 Å². The Morgan fingerprint density at radius 3 is 2.43 bits per heavy atom. The summed E-state index contributed by atoms with van der Waals surface area (Å²) in [6.07, 6.45) is 1.82. The Labute approximate surface area is 207 Å². The molecule has 0 bridgehead atoms. The standard InChI is InChI=1S/C27H35N7O/c1-27(2,28-3)19-13-15-34(16-14-19)21-11-9-20(10-12-21)30-25-23-22(17-29-33-26(23)35)31-24(32-25)18-7-5-4-6-8-18/h4-12,19,22-25,29-32H,13-17H2,1-2H3,(H,33,35). The summed E-state index contributed by atoms with van der Waals surface area (Å²) in [5, 5.41) is 10.8. The Bertz CT molecular complexity index is 1060. The Kier molecular flexibility index (Phi) is 6.65. The fraction of sp³-hybridized carbons (Fsp3) is 0.481. The van der Waals surface area contributed by atoms with Gasteiger partial charge in [0.25, 0.3) is 0 Å². The fourth-order valence-corrected chi connectivity index (χ4v) is 5.59. The van der Waals surface area contributed by atoms with Crippen molar-refractivity contribution in [3.8, 4) is 0 Å². The van der Waals surface area contributed by atoms with Crippen LogP contribution < -0.4 is 31.7 Å². The number of hydrazine groups is 1. The summed E-state index contributed by atoms with van der Waals surface area (Å²) < 4.78 is 0. The number of carbonyl (C=O) groups excluding carboxylic acids is 1. The lowest BCUT2D eigenvalue weighted by atomic mass is 9.81. The summed E-state index contributed by atoms with van der Waals surface area (Å²) in [5.74, 6) is 0.178. The fourth-order valence-electron chi connectivity index (χ4n) is 5.59. The van der Waals surface area contributed by atoms with Gasteiger partial charge in [0.2, 0.25) is 11.4 Å². The van der Waals surface area contributed by atoms with Crippen molar-refractivity contribution in [2.75, 3.05) is 29.9 Å². The largest absolute Gasteiger partial charge is 0.372 e. The number of nitrogens with one attached hydrogen (secondary N) is 5. The number of benzene rings is 2. The molecule has 8 nitrogen and oxygen atoms in total. The Hall–Kier alpha value is -3.12. The van der Waals surface area contributed by atoms with Crippen LogP contribution >= 0.6 is 0 Å². The van der Waals surface area contributed by atoms with Crippen molar-refractivity contribution in [2.24, 2.45) is 11.8 Å². The molecule has 5 rings (SSSR count). The van der Waals surface area contributed by atoms with Crippen LogP contribution in [0.5, 0.6) is 0 Å². The molecule has 3 aliphatic heterocycles. The molecule has 0 radical (unpaired) electrons. The highest BCUT2D eigenvalue weighted by atomic mass is 16.2. The van der Waals surface area contributed by atoms with Crippen molar-refractivity contribution < 1.29 is 4.79 Å². The van der Waals surface area contributed by atoms with E-state index in [4.69, 9.17) is 6.57 Å². The van der Waals surface area contributed by atoms with Gasteiger partial charge >= 0.3 is 0 Å². The average Bonchev–Trinajstić information content (AvgIpc) is 2.89. The van der Waals surface area contributed by atoms with E-state index < -0.39 is 0 Å². The lowest BCUT2D eigenvalue weighted by Crippen LogP contribution is -2.71. The van der Waals surface area contributed by atoms with Crippen LogP contribution in [-0.2, 0) is 4.79 Å². The molecule has 1 amide bonds. The van der Waals surface area contributed by atoms with Crippen LogP contribution in [0, 0.1) is 18.4 Å². The van der Waals surface area contributed by atoms with Crippen LogP contribution in [0.25, 0.3) is 4.85 Å². The number of fused-ring (bicyclic) bond motifs is 1. The first kappa shape index (κ1) is 23.6. The van der Waals surface area contributed by atoms with Crippen LogP contribution in [0.15, 0.2) is 54.6 Å². The average molecular weight is 474 g/mol. The van der Waals surface area contributed by atoms with Crippen molar-refractivity contribution in [1.82, 2.24) is 21.5 Å². The van der Waals surface area contributed by atoms with Gasteiger partial charge in [0.05, 0.1) is 18.2 Å². The molecule has 2 aromatic carbocycles. The Morgan fingerprint density at radius 1 is 1.03 bits per heavy atom. The van der Waals surface area contributed by atoms with Gasteiger partial charge in [-0.05, 0) is 42.7 Å². The maximum atomic E-state index is 12.7. The van der Waals surface area contributed by atoms with E-state index >= 15 is 0 Å². The van der Waals surface area contributed by atoms with E-state index in [9.17, 15) is 4.79 Å². The molecule has 4 unspecified atom stereocenters. The molecule has 3 saturated heterocycles. The van der Waals surface area contributed by atoms with E-state index in [0.717, 1.165) is 37.2 Å². The summed E-state index contributed by atoms with van der Waals surface area (Å²) in [7, 11) is 0. The zero-order valence-corrected chi connectivity index (χ0v) is 20.4. The van der Waals surface area contributed by atoms with Crippen LogP contribution in [-0.4, -0.2) is 43.3 Å². The molecule has 0 spiro atoms. The quantitative estimate of drug-likeness (QED) is 0.430. The summed E-state index contributed by atoms with van der Waals surface area (Å²) in [6.45, 7) is 14.2. The lowest BCUT2D eigenvalue weighted by Gasteiger charge is -2.46. The molecular formula is C27H35N7O. The summed E-state index contributed by atoms with van der Waals surface area (Å²) >= 11 is 0. The van der Waals surface area contributed by atoms with Crippen LogP contribution in [0.3, 0.4) is 0 Å². The van der Waals surface area contributed by atoms with Gasteiger partial charge in [-0.1, -0.05) is 30.3 Å². The number of piperidine rings is 1. The number of hydrogen-bond donors (Lipinski definition) is 5. The third-order valence-electron chi connectivity index (χ3n) is 7.83. The predicted octanol–water partition coefficient (Wildman–Crippen LogP) is 2.85. The highest BCUT2D eigenvalue weighted by Crippen LogP contribution is 2.33. The monoisotopic (exact) mass is 473 g/mol. The first-order valence-corrected chi connectivity index (χ1v) is 12.5. The summed E-state index contributed by atoms with van der Waals surface area (Å²) in [6, 6.07) is 18.8. The molecule has 0 aliphatic carbocycles. The maximum absolute atomic E-state index is 12.7. The number of rotatable bonds is 5. The second kappa shape index (κ2) is 9.86. The first-order chi connectivity index (χ1) is 16.9. The van der Waals surface area contributed by atoms with Gasteiger partial charge in [0.15, 0.2) is 0 Å². The molecule has 4 atom stereocenters. The second-order valence-corrected chi connectivity index (χ2v) is 10.4. The minimum Gasteiger partial charge on any atom is -0.372 e. The van der Waals surface area contributed by atoms with Crippen molar-refractivity contribution >= 4 is 17.3 Å². The van der Waals surface area contributed by atoms with Crippen molar-refractivity contribution in [1.29, 1.82) is 0 Å². The normalized spacial score (nSPS) is 27.5. The zero-order chi connectivity index (χ0) is 24.4. The highest BCUT2D eigenvalue weighted by Gasteiger charge is 2.44. The van der Waals surface area contributed by atoms with Crippen molar-refractivity contribution in [3.05, 3.63) is 71.6 Å². The van der Waals surface area contributed by atoms with Crippen molar-refractivity contribution in [3.63, 3.8) is 0 Å². The molecule has 3 heterocycles. The topological polar surface area (TPSA) is 84.8 Å². The van der Waals surface area contributed by atoms with Gasteiger partial charge < -0.3 is 15.1 Å². The van der Waals surface area contributed by atoms with Gasteiger partial charge in [-0.15, -0.1) is 0 Å². The molecule has 3 fully saturated rings. The van der Waals surface area contributed by atoms with Crippen LogP contribution in [0.2, 0.25) is 0 Å². The van der Waals surface area contributed by atoms with Gasteiger partial charge in [0.1, 0.15) is 0 Å². The summed E-state index contributed by atoms with van der Waals surface area (Å²) in [5.41, 5.74) is 8.84. The number of hydrogen-bond acceptors (Lipinski definition) is 6. The van der Waals surface area contributed by atoms with Crippen LogP contribution in [0.4, 0.5) is 11.4 Å². The van der Waals surface area contributed by atoms with Crippen LogP contribution in [0.1, 0.15) is 38.4 Å². The molecular weight excluding hydrogens is 438 g/mol. The van der Waals surface area contributed by atoms with Crippen molar-refractivity contribution in [2.45, 2.75) is 50.6 Å². The first-order valence-electron chi connectivity index (χ1n) is 12.5. The van der Waals surface area contributed by atoms with E-state index in [-0.39, 0.29) is 35.7 Å². The molecule has 184 valence electrons. The smallest absolute Gasteiger partial charge is 0.242 e. The number of carbonyl (C=O) groups is 1. The van der Waals surface area contributed by atoms with Gasteiger partial charge in [-0.3, -0.25) is 20.9 Å². The van der Waals surface area contributed by atoms with E-state index in [1.165, 1.54) is 5.69 Å². The molecule has 3 aliphatic rings. The number of amides is 1. The molecule has 5 N–H and O–H groups in total. The molecule has 8 heteroatoms. The zero-order valence-electron chi connectivity index (χ0n) is 20.4. The van der Waals surface area contributed by atoms with E-state index in [1.807, 2.05) is 18.2 Å². The van der Waals surface area contributed by atoms with E-state index in [2.05, 4.69) is 86.8 Å². The number of anilines is 2. The maximum Gasteiger partial charge on any atom is 0.242 e. The van der Waals surface area contributed by atoms with Gasteiger partial charge in [-0.2, -0.15) is 0 Å².